The molecule has 8 aromatic rings. The lowest BCUT2D eigenvalue weighted by Crippen LogP contribution is -2.51. The van der Waals surface area contributed by atoms with E-state index in [9.17, 15) is 30.6 Å². The molecule has 0 spiro atoms. The van der Waals surface area contributed by atoms with E-state index in [4.69, 9.17) is 0 Å². The Morgan fingerprint density at radius 2 is 0.661 bits per heavy atom. The fourth-order valence-corrected chi connectivity index (χ4v) is 8.36. The number of para-hydroxylation sites is 2. The highest BCUT2D eigenvalue weighted by molar-refractivity contribution is 6.00. The van der Waals surface area contributed by atoms with Crippen LogP contribution in [0.15, 0.2) is 170 Å². The first-order valence-electron chi connectivity index (χ1n) is 18.4. The van der Waals surface area contributed by atoms with Gasteiger partial charge in [0.2, 0.25) is 0 Å². The number of rotatable bonds is 8. The van der Waals surface area contributed by atoms with Crippen molar-refractivity contribution in [1.82, 2.24) is 0 Å². The molecule has 0 atom stereocenters. The second-order valence-corrected chi connectivity index (χ2v) is 14.2. The van der Waals surface area contributed by atoms with E-state index in [2.05, 4.69) is 0 Å². The average molecular weight is 739 g/mol. The van der Waals surface area contributed by atoms with Gasteiger partial charge in [0, 0.05) is 69.4 Å². The van der Waals surface area contributed by atoms with Gasteiger partial charge < -0.3 is 40.4 Å². The largest absolute Gasteiger partial charge is 0.507 e. The van der Waals surface area contributed by atoms with Crippen LogP contribution in [-0.4, -0.2) is 42.8 Å². The number of aliphatic hydroxyl groups excluding tert-OH is 2. The zero-order valence-corrected chi connectivity index (χ0v) is 30.1. The summed E-state index contributed by atoms with van der Waals surface area (Å²) in [7, 11) is 0. The van der Waals surface area contributed by atoms with Crippen LogP contribution in [0, 0.1) is 0 Å². The van der Waals surface area contributed by atoms with Gasteiger partial charge in [0.15, 0.2) is 0 Å². The van der Waals surface area contributed by atoms with Gasteiger partial charge in [0.1, 0.15) is 23.0 Å². The van der Waals surface area contributed by atoms with E-state index in [1.807, 2.05) is 155 Å². The Hall–Kier alpha value is -7.00. The highest BCUT2D eigenvalue weighted by Crippen LogP contribution is 2.57. The molecule has 8 aromatic carbocycles. The second-order valence-electron chi connectivity index (χ2n) is 14.2. The average Bonchev–Trinajstić information content (AvgIpc) is 3.22. The SMILES string of the molecule is Oc1cc(N(c2ccccc2)c2cccc3ccccc23)cc(O)c1C1C(O)C(c2c(O)cc(N(c3ccccc3)c3cccc4ccccc34)cc2O)C1O. The quantitative estimate of drug-likeness (QED) is 0.0909. The van der Waals surface area contributed by atoms with Crippen molar-refractivity contribution in [2.45, 2.75) is 24.0 Å². The number of benzene rings is 8. The molecule has 56 heavy (non-hydrogen) atoms. The van der Waals surface area contributed by atoms with Crippen molar-refractivity contribution in [2.75, 3.05) is 9.80 Å². The highest BCUT2D eigenvalue weighted by Gasteiger charge is 2.54. The van der Waals surface area contributed by atoms with E-state index in [0.29, 0.717) is 11.4 Å². The Kier molecular flexibility index (Phi) is 8.69. The molecule has 6 N–H and O–H groups in total. The summed E-state index contributed by atoms with van der Waals surface area (Å²) >= 11 is 0. The molecule has 0 radical (unpaired) electrons. The third-order valence-corrected chi connectivity index (χ3v) is 10.9. The van der Waals surface area contributed by atoms with E-state index in [-0.39, 0.29) is 34.1 Å². The maximum atomic E-state index is 11.6. The zero-order valence-electron chi connectivity index (χ0n) is 30.1. The number of anilines is 6. The predicted molar refractivity (Wildman–Crippen MR) is 221 cm³/mol. The number of phenols is 4. The molecule has 8 nitrogen and oxygen atoms in total. The standard InChI is InChI=1S/C48H38N2O6/c51-39-25-33(49(31-17-3-1-4-18-31)37-23-11-15-29-13-7-9-21-35(29)37)26-40(52)43(39)45-47(55)46(48(45)56)44-41(53)27-34(28-42(44)54)50(32-19-5-2-6-20-32)38-24-12-16-30-14-8-10-22-36(30)38/h1-28,45-48,51-56H. The summed E-state index contributed by atoms with van der Waals surface area (Å²) in [5.41, 5.74) is 4.10. The lowest BCUT2D eigenvalue weighted by Gasteiger charge is -2.47. The number of fused-ring (bicyclic) bond motifs is 2. The Morgan fingerprint density at radius 1 is 0.339 bits per heavy atom. The molecule has 0 aliphatic heterocycles. The van der Waals surface area contributed by atoms with E-state index in [1.54, 1.807) is 0 Å². The molecule has 276 valence electrons. The first-order chi connectivity index (χ1) is 27.3. The van der Waals surface area contributed by atoms with Gasteiger partial charge in [-0.2, -0.15) is 0 Å². The molecule has 0 saturated heterocycles. The van der Waals surface area contributed by atoms with Gasteiger partial charge in [0.25, 0.3) is 0 Å². The van der Waals surface area contributed by atoms with Crippen LogP contribution in [0.2, 0.25) is 0 Å². The molecule has 0 heterocycles. The van der Waals surface area contributed by atoms with Gasteiger partial charge in [0.05, 0.1) is 35.0 Å². The molecule has 0 bridgehead atoms. The fraction of sp³-hybridized carbons (Fsp3) is 0.0833. The summed E-state index contributed by atoms with van der Waals surface area (Å²) in [5, 5.41) is 73.4. The van der Waals surface area contributed by atoms with Gasteiger partial charge >= 0.3 is 0 Å². The van der Waals surface area contributed by atoms with Crippen LogP contribution in [0.3, 0.4) is 0 Å². The Balaban J connectivity index is 1.07. The maximum absolute atomic E-state index is 11.6. The molecule has 9 rings (SSSR count). The molecule has 0 amide bonds. The Labute approximate surface area is 323 Å². The molecule has 1 fully saturated rings. The third-order valence-electron chi connectivity index (χ3n) is 10.9. The second kappa shape index (κ2) is 14.0. The van der Waals surface area contributed by atoms with Crippen LogP contribution in [0.1, 0.15) is 23.0 Å². The minimum atomic E-state index is -1.37. The number of nitrogens with zero attached hydrogens (tertiary/aromatic N) is 2. The third kappa shape index (κ3) is 5.80. The molecular weight excluding hydrogens is 701 g/mol. The molecule has 0 aromatic heterocycles. The minimum Gasteiger partial charge on any atom is -0.507 e. The molecule has 0 unspecified atom stereocenters. The lowest BCUT2D eigenvalue weighted by atomic mass is 9.62. The number of hydrogen-bond donors (Lipinski definition) is 6. The Bertz CT molecular complexity index is 2470. The van der Waals surface area contributed by atoms with Crippen molar-refractivity contribution in [3.63, 3.8) is 0 Å². The Morgan fingerprint density at radius 3 is 1.04 bits per heavy atom. The van der Waals surface area contributed by atoms with Crippen LogP contribution in [-0.2, 0) is 0 Å². The van der Waals surface area contributed by atoms with Gasteiger partial charge in [-0.25, -0.2) is 0 Å². The fourth-order valence-electron chi connectivity index (χ4n) is 8.36. The molecule has 1 aliphatic carbocycles. The van der Waals surface area contributed by atoms with Crippen LogP contribution in [0.25, 0.3) is 21.5 Å². The number of phenolic OH excluding ortho intramolecular Hbond substituents is 4. The highest BCUT2D eigenvalue weighted by atomic mass is 16.3. The summed E-state index contributed by atoms with van der Waals surface area (Å²) in [6.45, 7) is 0. The van der Waals surface area contributed by atoms with Gasteiger partial charge in [-0.15, -0.1) is 0 Å². The number of hydrogen-bond acceptors (Lipinski definition) is 8. The first kappa shape index (κ1) is 34.7. The van der Waals surface area contributed by atoms with Crippen molar-refractivity contribution < 1.29 is 30.6 Å². The van der Waals surface area contributed by atoms with Gasteiger partial charge in [-0.1, -0.05) is 109 Å². The summed E-state index contributed by atoms with van der Waals surface area (Å²) in [6.07, 6.45) is -2.75. The van der Waals surface area contributed by atoms with Crippen molar-refractivity contribution in [3.05, 3.63) is 181 Å². The van der Waals surface area contributed by atoms with E-state index in [0.717, 1.165) is 44.3 Å². The molecule has 1 saturated carbocycles. The van der Waals surface area contributed by atoms with Gasteiger partial charge in [-0.3, -0.25) is 0 Å². The lowest BCUT2D eigenvalue weighted by molar-refractivity contribution is -0.0810. The summed E-state index contributed by atoms with van der Waals surface area (Å²) < 4.78 is 0. The van der Waals surface area contributed by atoms with Crippen LogP contribution < -0.4 is 9.80 Å². The molecule has 8 heteroatoms. The zero-order chi connectivity index (χ0) is 38.5. The number of aliphatic hydroxyl groups is 2. The summed E-state index contributed by atoms with van der Waals surface area (Å²) in [5.74, 6) is -3.51. The minimum absolute atomic E-state index is 0.0299. The summed E-state index contributed by atoms with van der Waals surface area (Å²) in [6, 6.07) is 52.9. The number of aromatic hydroxyl groups is 4. The smallest absolute Gasteiger partial charge is 0.125 e. The maximum Gasteiger partial charge on any atom is 0.125 e. The van der Waals surface area contributed by atoms with Crippen molar-refractivity contribution in [2.24, 2.45) is 0 Å². The predicted octanol–water partition coefficient (Wildman–Crippen LogP) is 10.4. The normalized spacial score (nSPS) is 17.8. The van der Waals surface area contributed by atoms with Crippen LogP contribution in [0.5, 0.6) is 23.0 Å². The van der Waals surface area contributed by atoms with Crippen molar-refractivity contribution in [1.29, 1.82) is 0 Å². The molecule has 1 aliphatic rings. The monoisotopic (exact) mass is 738 g/mol. The van der Waals surface area contributed by atoms with Crippen LogP contribution >= 0.6 is 0 Å². The van der Waals surface area contributed by atoms with Crippen LogP contribution in [0.4, 0.5) is 34.1 Å². The van der Waals surface area contributed by atoms with Crippen molar-refractivity contribution in [3.8, 4) is 23.0 Å². The first-order valence-corrected chi connectivity index (χ1v) is 18.4. The topological polar surface area (TPSA) is 128 Å². The van der Waals surface area contributed by atoms with E-state index in [1.165, 1.54) is 24.3 Å². The van der Waals surface area contributed by atoms with Gasteiger partial charge in [-0.05, 0) is 47.2 Å². The summed E-state index contributed by atoms with van der Waals surface area (Å²) in [4.78, 5) is 3.85. The molecular formula is C48H38N2O6. The van der Waals surface area contributed by atoms with E-state index < -0.39 is 24.0 Å². The van der Waals surface area contributed by atoms with Crippen molar-refractivity contribution >= 4 is 55.7 Å². The van der Waals surface area contributed by atoms with E-state index >= 15 is 0 Å².